The van der Waals surface area contributed by atoms with Crippen LogP contribution in [0, 0.1) is 5.82 Å². The molecule has 0 aliphatic rings. The number of hydrogen-bond acceptors (Lipinski definition) is 4. The summed E-state index contributed by atoms with van der Waals surface area (Å²) in [5, 5.41) is 8.49. The van der Waals surface area contributed by atoms with E-state index in [1.165, 1.54) is 17.4 Å². The highest BCUT2D eigenvalue weighted by atomic mass is 32.1. The molecule has 0 spiro atoms. The van der Waals surface area contributed by atoms with E-state index < -0.39 is 0 Å². The second-order valence-corrected chi connectivity index (χ2v) is 7.44. The molecule has 0 saturated carbocycles. The largest absolute Gasteiger partial charge is 0.329 e. The molecule has 3 aromatic rings. The lowest BCUT2D eigenvalue weighted by molar-refractivity contribution is -0.116. The van der Waals surface area contributed by atoms with Crippen LogP contribution in [0.1, 0.15) is 39.0 Å². The molecule has 28 heavy (non-hydrogen) atoms. The Balaban J connectivity index is 1.63. The van der Waals surface area contributed by atoms with Crippen molar-refractivity contribution in [2.24, 2.45) is 0 Å². The quantitative estimate of drug-likeness (QED) is 0.400. The summed E-state index contributed by atoms with van der Waals surface area (Å²) in [7, 11) is 0. The van der Waals surface area contributed by atoms with Crippen LogP contribution in [0.4, 0.5) is 20.9 Å². The van der Waals surface area contributed by atoms with Crippen molar-refractivity contribution < 1.29 is 9.18 Å². The van der Waals surface area contributed by atoms with Crippen LogP contribution >= 0.6 is 11.3 Å². The molecule has 1 heterocycles. The molecule has 6 heteroatoms. The molecular formula is C22H24FN3OS. The number of anilines is 3. The number of benzene rings is 2. The van der Waals surface area contributed by atoms with E-state index in [2.05, 4.69) is 22.5 Å². The molecule has 0 radical (unpaired) electrons. The fraction of sp³-hybridized carbons (Fsp3) is 0.273. The number of amides is 1. The van der Waals surface area contributed by atoms with Gasteiger partial charge in [-0.1, -0.05) is 50.5 Å². The van der Waals surface area contributed by atoms with Gasteiger partial charge in [-0.05, 0) is 30.7 Å². The molecule has 2 aromatic carbocycles. The van der Waals surface area contributed by atoms with E-state index >= 15 is 0 Å². The van der Waals surface area contributed by atoms with Crippen molar-refractivity contribution in [1.29, 1.82) is 0 Å². The van der Waals surface area contributed by atoms with Crippen molar-refractivity contribution in [3.63, 3.8) is 0 Å². The number of rotatable bonds is 9. The summed E-state index contributed by atoms with van der Waals surface area (Å²) in [6.45, 7) is 2.15. The van der Waals surface area contributed by atoms with Gasteiger partial charge in [-0.25, -0.2) is 9.37 Å². The van der Waals surface area contributed by atoms with Crippen molar-refractivity contribution in [1.82, 2.24) is 4.98 Å². The van der Waals surface area contributed by atoms with Gasteiger partial charge >= 0.3 is 0 Å². The van der Waals surface area contributed by atoms with E-state index in [9.17, 15) is 9.18 Å². The number of carbonyl (C=O) groups is 1. The highest BCUT2D eigenvalue weighted by molar-refractivity contribution is 7.14. The van der Waals surface area contributed by atoms with Crippen molar-refractivity contribution in [3.8, 4) is 11.3 Å². The second-order valence-electron chi connectivity index (χ2n) is 6.58. The maximum Gasteiger partial charge on any atom is 0.224 e. The molecule has 0 bridgehead atoms. The van der Waals surface area contributed by atoms with Gasteiger partial charge in [-0.15, -0.1) is 11.3 Å². The van der Waals surface area contributed by atoms with Gasteiger partial charge in [-0.2, -0.15) is 0 Å². The molecule has 1 amide bonds. The SMILES string of the molecule is CCCCCCC(=O)Nc1cccc(-c2csc(Nc3ccccc3F)n2)c1. The molecule has 3 rings (SSSR count). The molecule has 0 atom stereocenters. The Hall–Kier alpha value is -2.73. The van der Waals surface area contributed by atoms with Gasteiger partial charge in [0.05, 0.1) is 11.4 Å². The molecule has 1 aromatic heterocycles. The standard InChI is InChI=1S/C22H24FN3OS/c1-2-3-4-5-13-21(27)24-17-10-8-9-16(14-17)20-15-28-22(26-20)25-19-12-7-6-11-18(19)23/h6-12,14-15H,2-5,13H2,1H3,(H,24,27)(H,25,26). The Morgan fingerprint density at radius 1 is 1.11 bits per heavy atom. The lowest BCUT2D eigenvalue weighted by atomic mass is 10.1. The summed E-state index contributed by atoms with van der Waals surface area (Å²) < 4.78 is 13.8. The van der Waals surface area contributed by atoms with Crippen molar-refractivity contribution >= 4 is 33.8 Å². The van der Waals surface area contributed by atoms with Crippen LogP contribution in [0.15, 0.2) is 53.9 Å². The predicted molar refractivity (Wildman–Crippen MR) is 115 cm³/mol. The number of hydrogen-bond donors (Lipinski definition) is 2. The predicted octanol–water partition coefficient (Wildman–Crippen LogP) is 6.60. The molecular weight excluding hydrogens is 373 g/mol. The van der Waals surface area contributed by atoms with Gasteiger partial charge in [0.1, 0.15) is 5.82 Å². The van der Waals surface area contributed by atoms with Crippen LogP contribution in [-0.2, 0) is 4.79 Å². The molecule has 0 unspecified atom stereocenters. The molecule has 4 nitrogen and oxygen atoms in total. The van der Waals surface area contributed by atoms with E-state index in [0.29, 0.717) is 17.2 Å². The highest BCUT2D eigenvalue weighted by Gasteiger charge is 2.09. The molecule has 2 N–H and O–H groups in total. The third-order valence-corrected chi connectivity index (χ3v) is 5.08. The first-order chi connectivity index (χ1) is 13.7. The molecule has 0 saturated heterocycles. The molecule has 0 fully saturated rings. The lowest BCUT2D eigenvalue weighted by Gasteiger charge is -2.07. The van der Waals surface area contributed by atoms with Crippen molar-refractivity contribution in [2.75, 3.05) is 10.6 Å². The van der Waals surface area contributed by atoms with Crippen LogP contribution in [0.3, 0.4) is 0 Å². The third kappa shape index (κ3) is 5.63. The first kappa shape index (κ1) is 20.0. The zero-order valence-corrected chi connectivity index (χ0v) is 16.7. The van der Waals surface area contributed by atoms with Crippen LogP contribution < -0.4 is 10.6 Å². The molecule has 0 aliphatic carbocycles. The maximum atomic E-state index is 13.8. The third-order valence-electron chi connectivity index (χ3n) is 4.32. The Kier molecular flexibility index (Phi) is 7.14. The number of para-hydroxylation sites is 1. The van der Waals surface area contributed by atoms with Crippen molar-refractivity contribution in [3.05, 3.63) is 59.7 Å². The summed E-state index contributed by atoms with van der Waals surface area (Å²) >= 11 is 1.41. The van der Waals surface area contributed by atoms with E-state index in [1.54, 1.807) is 18.2 Å². The Bertz CT molecular complexity index is 925. The topological polar surface area (TPSA) is 54.0 Å². The number of halogens is 1. The minimum Gasteiger partial charge on any atom is -0.329 e. The van der Waals surface area contributed by atoms with Crippen LogP contribution in [0.5, 0.6) is 0 Å². The first-order valence-electron chi connectivity index (χ1n) is 9.53. The monoisotopic (exact) mass is 397 g/mol. The van der Waals surface area contributed by atoms with Gasteiger partial charge in [0.15, 0.2) is 5.13 Å². The number of thiazole rings is 1. The van der Waals surface area contributed by atoms with Gasteiger partial charge in [0.2, 0.25) is 5.91 Å². The number of nitrogens with one attached hydrogen (secondary N) is 2. The number of nitrogens with zero attached hydrogens (tertiary/aromatic N) is 1. The van der Waals surface area contributed by atoms with Crippen LogP contribution in [0.2, 0.25) is 0 Å². The van der Waals surface area contributed by atoms with Gasteiger partial charge < -0.3 is 10.6 Å². The normalized spacial score (nSPS) is 10.6. The highest BCUT2D eigenvalue weighted by Crippen LogP contribution is 2.29. The smallest absolute Gasteiger partial charge is 0.224 e. The minimum atomic E-state index is -0.317. The van der Waals surface area contributed by atoms with Crippen molar-refractivity contribution in [2.45, 2.75) is 39.0 Å². The van der Waals surface area contributed by atoms with Gasteiger partial charge in [-0.3, -0.25) is 4.79 Å². The molecule has 146 valence electrons. The summed E-state index contributed by atoms with van der Waals surface area (Å²) in [5.74, 6) is -0.281. The van der Waals surface area contributed by atoms with E-state index in [1.807, 2.05) is 29.6 Å². The summed E-state index contributed by atoms with van der Waals surface area (Å²) in [5.41, 5.74) is 2.84. The average Bonchev–Trinajstić information content (AvgIpc) is 3.16. The van der Waals surface area contributed by atoms with Gasteiger partial charge in [0.25, 0.3) is 0 Å². The molecule has 0 aliphatic heterocycles. The fourth-order valence-electron chi connectivity index (χ4n) is 2.83. The van der Waals surface area contributed by atoms with Gasteiger partial charge in [0, 0.05) is 23.1 Å². The number of unbranched alkanes of at least 4 members (excludes halogenated alkanes) is 3. The Morgan fingerprint density at radius 3 is 2.79 bits per heavy atom. The lowest BCUT2D eigenvalue weighted by Crippen LogP contribution is -2.11. The Morgan fingerprint density at radius 2 is 1.96 bits per heavy atom. The number of carbonyl (C=O) groups excluding carboxylic acids is 1. The summed E-state index contributed by atoms with van der Waals surface area (Å²) in [4.78, 5) is 16.6. The van der Waals surface area contributed by atoms with Crippen LogP contribution in [0.25, 0.3) is 11.3 Å². The van der Waals surface area contributed by atoms with E-state index in [0.717, 1.165) is 42.6 Å². The average molecular weight is 398 g/mol. The first-order valence-corrected chi connectivity index (χ1v) is 10.4. The number of aromatic nitrogens is 1. The fourth-order valence-corrected chi connectivity index (χ4v) is 3.57. The Labute approximate surface area is 168 Å². The van der Waals surface area contributed by atoms with E-state index in [4.69, 9.17) is 0 Å². The zero-order chi connectivity index (χ0) is 19.8. The minimum absolute atomic E-state index is 0.0356. The maximum absolute atomic E-state index is 13.8. The summed E-state index contributed by atoms with van der Waals surface area (Å²) in [6.07, 6.45) is 4.86. The zero-order valence-electron chi connectivity index (χ0n) is 15.9. The second kappa shape index (κ2) is 9.99. The summed E-state index contributed by atoms with van der Waals surface area (Å²) in [6, 6.07) is 14.1. The van der Waals surface area contributed by atoms with E-state index in [-0.39, 0.29) is 11.7 Å². The van der Waals surface area contributed by atoms with Crippen LogP contribution in [-0.4, -0.2) is 10.9 Å².